The van der Waals surface area contributed by atoms with E-state index in [0.29, 0.717) is 12.3 Å². The highest BCUT2D eigenvalue weighted by molar-refractivity contribution is 14.0. The lowest BCUT2D eigenvalue weighted by atomic mass is 10.2. The van der Waals surface area contributed by atoms with Crippen LogP contribution in [0.3, 0.4) is 0 Å². The fraction of sp³-hybridized carbons (Fsp3) is 0.571. The van der Waals surface area contributed by atoms with Gasteiger partial charge in [0.1, 0.15) is 11.6 Å². The van der Waals surface area contributed by atoms with Crippen LogP contribution in [-0.4, -0.2) is 70.1 Å². The minimum atomic E-state index is 0. The fourth-order valence-corrected chi connectivity index (χ4v) is 4.25. The first-order valence-corrected chi connectivity index (χ1v) is 10.8. The normalized spacial score (nSPS) is 16.6. The maximum absolute atomic E-state index is 12.4. The molecule has 0 saturated carbocycles. The number of phenols is 1. The van der Waals surface area contributed by atoms with Crippen molar-refractivity contribution in [1.29, 1.82) is 0 Å². The van der Waals surface area contributed by atoms with Crippen LogP contribution in [0.1, 0.15) is 25.1 Å². The molecule has 0 unspecified atom stereocenters. The quantitative estimate of drug-likeness (QED) is 0.258. The Hall–Kier alpha value is -2.24. The number of aryl methyl sites for hydroxylation is 2. The second-order valence-corrected chi connectivity index (χ2v) is 7.82. The van der Waals surface area contributed by atoms with Crippen molar-refractivity contribution >= 4 is 35.6 Å². The molecule has 9 nitrogen and oxygen atoms in total. The molecule has 0 radical (unpaired) electrons. The summed E-state index contributed by atoms with van der Waals surface area (Å²) in [6.45, 7) is 5.47. The summed E-state index contributed by atoms with van der Waals surface area (Å²) < 4.78 is 3.43. The van der Waals surface area contributed by atoms with Gasteiger partial charge in [-0.1, -0.05) is 12.1 Å². The molecule has 2 aliphatic rings. The van der Waals surface area contributed by atoms with E-state index in [1.165, 1.54) is 0 Å². The minimum absolute atomic E-state index is 0. The van der Waals surface area contributed by atoms with Crippen molar-refractivity contribution in [2.24, 2.45) is 4.99 Å². The highest BCUT2D eigenvalue weighted by Gasteiger charge is 2.21. The summed E-state index contributed by atoms with van der Waals surface area (Å²) in [5.74, 6) is 2.13. The molecule has 1 fully saturated rings. The Morgan fingerprint density at radius 1 is 1.16 bits per heavy atom. The number of benzene rings is 1. The van der Waals surface area contributed by atoms with Crippen LogP contribution in [0.5, 0.6) is 5.75 Å². The summed E-state index contributed by atoms with van der Waals surface area (Å²) in [7, 11) is 1.80. The summed E-state index contributed by atoms with van der Waals surface area (Å²) in [6, 6.07) is 7.47. The first kappa shape index (κ1) is 23.4. The molecule has 2 aromatic rings. The topological polar surface area (TPSA) is 90.9 Å². The second-order valence-electron chi connectivity index (χ2n) is 7.82. The van der Waals surface area contributed by atoms with Crippen molar-refractivity contribution in [1.82, 2.24) is 24.6 Å². The highest BCUT2D eigenvalue weighted by Crippen LogP contribution is 2.27. The van der Waals surface area contributed by atoms with E-state index in [-0.39, 0.29) is 29.7 Å². The van der Waals surface area contributed by atoms with Gasteiger partial charge in [-0.15, -0.1) is 24.0 Å². The van der Waals surface area contributed by atoms with Crippen LogP contribution in [-0.2, 0) is 19.5 Å². The third-order valence-electron chi connectivity index (χ3n) is 5.87. The van der Waals surface area contributed by atoms with Crippen LogP contribution in [0, 0.1) is 0 Å². The summed E-state index contributed by atoms with van der Waals surface area (Å²) in [5.41, 5.74) is 0.905. The molecule has 2 aliphatic heterocycles. The maximum atomic E-state index is 12.4. The molecule has 1 aromatic heterocycles. The van der Waals surface area contributed by atoms with Crippen LogP contribution in [0.25, 0.3) is 0 Å². The van der Waals surface area contributed by atoms with Crippen molar-refractivity contribution in [2.75, 3.05) is 44.7 Å². The molecule has 0 spiro atoms. The number of hydrogen-bond acceptors (Lipinski definition) is 5. The Bertz CT molecular complexity index is 947. The number of rotatable bonds is 5. The number of halogens is 1. The Morgan fingerprint density at radius 3 is 2.65 bits per heavy atom. The molecule has 0 atom stereocenters. The van der Waals surface area contributed by atoms with Gasteiger partial charge >= 0.3 is 5.69 Å². The average molecular weight is 541 g/mol. The van der Waals surface area contributed by atoms with Crippen LogP contribution in [0.4, 0.5) is 5.69 Å². The molecule has 0 bridgehead atoms. The molecule has 1 aromatic carbocycles. The SMILES string of the molecule is CN=C(NCCCn1nc2n(c1=O)CCCC2)N1CCN(c2ccccc2O)CC1.I. The number of para-hydroxylation sites is 2. The summed E-state index contributed by atoms with van der Waals surface area (Å²) in [6.07, 6.45) is 3.90. The lowest BCUT2D eigenvalue weighted by Gasteiger charge is -2.37. The summed E-state index contributed by atoms with van der Waals surface area (Å²) >= 11 is 0. The molecule has 170 valence electrons. The number of piperazine rings is 1. The smallest absolute Gasteiger partial charge is 0.345 e. The molecule has 31 heavy (non-hydrogen) atoms. The van der Waals surface area contributed by atoms with Crippen LogP contribution >= 0.6 is 24.0 Å². The van der Waals surface area contributed by atoms with Gasteiger partial charge in [-0.3, -0.25) is 9.56 Å². The monoisotopic (exact) mass is 541 g/mol. The van der Waals surface area contributed by atoms with Gasteiger partial charge in [0.05, 0.1) is 5.69 Å². The maximum Gasteiger partial charge on any atom is 0.345 e. The number of phenolic OH excluding ortho intramolecular Hbond substituents is 1. The minimum Gasteiger partial charge on any atom is -0.506 e. The number of guanidine groups is 1. The predicted molar refractivity (Wildman–Crippen MR) is 133 cm³/mol. The van der Waals surface area contributed by atoms with E-state index in [4.69, 9.17) is 0 Å². The zero-order valence-electron chi connectivity index (χ0n) is 18.0. The van der Waals surface area contributed by atoms with Crippen LogP contribution in [0.15, 0.2) is 34.1 Å². The molecule has 2 N–H and O–H groups in total. The van der Waals surface area contributed by atoms with E-state index >= 15 is 0 Å². The number of nitrogens with one attached hydrogen (secondary N) is 1. The first-order chi connectivity index (χ1) is 14.7. The van der Waals surface area contributed by atoms with Crippen LogP contribution in [0.2, 0.25) is 0 Å². The molecular formula is C21H32IN7O2. The number of nitrogens with zero attached hydrogens (tertiary/aromatic N) is 6. The van der Waals surface area contributed by atoms with Gasteiger partial charge in [0.25, 0.3) is 0 Å². The molecular weight excluding hydrogens is 509 g/mol. The van der Waals surface area contributed by atoms with Crippen LogP contribution < -0.4 is 15.9 Å². The summed E-state index contributed by atoms with van der Waals surface area (Å²) in [4.78, 5) is 21.3. The highest BCUT2D eigenvalue weighted by atomic mass is 127. The zero-order valence-corrected chi connectivity index (χ0v) is 20.4. The Labute approximate surface area is 199 Å². The molecule has 10 heteroatoms. The lowest BCUT2D eigenvalue weighted by molar-refractivity contribution is 0.369. The standard InChI is InChI=1S/C21H31N7O2.HI/c1-22-20(26-15-13-25(14-16-26)17-7-2-3-8-18(17)29)23-10-6-12-28-21(30)27-11-5-4-9-19(27)24-28;/h2-3,7-8,29H,4-6,9-16H2,1H3,(H,22,23);1H. The van der Waals surface area contributed by atoms with E-state index < -0.39 is 0 Å². The van der Waals surface area contributed by atoms with Gasteiger partial charge in [0.2, 0.25) is 0 Å². The number of aliphatic imine (C=N–C) groups is 1. The Balaban J connectivity index is 0.00000272. The Morgan fingerprint density at radius 2 is 1.94 bits per heavy atom. The molecule has 4 rings (SSSR count). The average Bonchev–Trinajstić information content (AvgIpc) is 3.10. The number of anilines is 1. The van der Waals surface area contributed by atoms with Crippen molar-refractivity contribution in [2.45, 2.75) is 38.8 Å². The van der Waals surface area contributed by atoms with Gasteiger partial charge in [-0.2, -0.15) is 5.10 Å². The van der Waals surface area contributed by atoms with E-state index in [0.717, 1.165) is 82.4 Å². The number of fused-ring (bicyclic) bond motifs is 1. The zero-order chi connectivity index (χ0) is 20.9. The number of aromatic hydroxyl groups is 1. The number of hydrogen-bond donors (Lipinski definition) is 2. The van der Waals surface area contributed by atoms with E-state index in [1.807, 2.05) is 22.8 Å². The second kappa shape index (κ2) is 10.9. The van der Waals surface area contributed by atoms with E-state index in [9.17, 15) is 9.90 Å². The third kappa shape index (κ3) is 5.34. The van der Waals surface area contributed by atoms with Gasteiger partial charge in [0, 0.05) is 59.3 Å². The van der Waals surface area contributed by atoms with E-state index in [1.54, 1.807) is 17.8 Å². The summed E-state index contributed by atoms with van der Waals surface area (Å²) in [5, 5.41) is 18.0. The Kier molecular flexibility index (Phi) is 8.22. The largest absolute Gasteiger partial charge is 0.506 e. The molecule has 0 aliphatic carbocycles. The third-order valence-corrected chi connectivity index (χ3v) is 5.87. The van der Waals surface area contributed by atoms with Gasteiger partial charge in [-0.25, -0.2) is 9.48 Å². The van der Waals surface area contributed by atoms with Gasteiger partial charge < -0.3 is 20.2 Å². The van der Waals surface area contributed by atoms with Gasteiger partial charge in [-0.05, 0) is 31.4 Å². The molecule has 0 amide bonds. The van der Waals surface area contributed by atoms with E-state index in [2.05, 4.69) is 25.2 Å². The predicted octanol–water partition coefficient (Wildman–Crippen LogP) is 1.49. The van der Waals surface area contributed by atoms with Gasteiger partial charge in [0.15, 0.2) is 5.96 Å². The van der Waals surface area contributed by atoms with Crippen molar-refractivity contribution in [3.8, 4) is 5.75 Å². The fourth-order valence-electron chi connectivity index (χ4n) is 4.25. The van der Waals surface area contributed by atoms with Crippen molar-refractivity contribution in [3.05, 3.63) is 40.6 Å². The number of aromatic nitrogens is 3. The first-order valence-electron chi connectivity index (χ1n) is 10.8. The van der Waals surface area contributed by atoms with Crippen molar-refractivity contribution < 1.29 is 5.11 Å². The van der Waals surface area contributed by atoms with Crippen molar-refractivity contribution in [3.63, 3.8) is 0 Å². The lowest BCUT2D eigenvalue weighted by Crippen LogP contribution is -2.52. The molecule has 1 saturated heterocycles. The molecule has 3 heterocycles.